The van der Waals surface area contributed by atoms with Gasteiger partial charge in [0.05, 0.1) is 0 Å². The van der Waals surface area contributed by atoms with Crippen molar-refractivity contribution in [3.63, 3.8) is 0 Å². The summed E-state index contributed by atoms with van der Waals surface area (Å²) in [4.78, 5) is 0. The van der Waals surface area contributed by atoms with Crippen LogP contribution in [0.5, 0.6) is 0 Å². The minimum atomic E-state index is 0. The van der Waals surface area contributed by atoms with E-state index in [2.05, 4.69) is 213 Å². The fourth-order valence-electron chi connectivity index (χ4n) is 8.58. The molecule has 0 nitrogen and oxygen atoms in total. The van der Waals surface area contributed by atoms with Gasteiger partial charge < -0.3 is 24.8 Å². The molecule has 0 N–H and O–H groups in total. The molecule has 5 aromatic rings. The van der Waals surface area contributed by atoms with E-state index < -0.39 is 0 Å². The molecule has 5 aromatic carbocycles. The summed E-state index contributed by atoms with van der Waals surface area (Å²) in [5.74, 6) is 0. The van der Waals surface area contributed by atoms with Crippen molar-refractivity contribution < 1.29 is 49.0 Å². The minimum absolute atomic E-state index is 0. The third-order valence-corrected chi connectivity index (χ3v) is 13.4. The van der Waals surface area contributed by atoms with Crippen molar-refractivity contribution in [1.29, 1.82) is 0 Å². The second-order valence-corrected chi connectivity index (χ2v) is 21.9. The fourth-order valence-corrected chi connectivity index (χ4v) is 9.40. The first-order chi connectivity index (χ1) is 25.9. The number of allylic oxidation sites excluding steroid dienone is 8. The number of benzene rings is 4. The number of hydrogen-bond donors (Lipinski definition) is 0. The quantitative estimate of drug-likeness (QED) is 0.155. The van der Waals surface area contributed by atoms with Crippen LogP contribution in [0.3, 0.4) is 0 Å². The van der Waals surface area contributed by atoms with Gasteiger partial charge in [0.15, 0.2) is 0 Å². The molecule has 0 atom stereocenters. The summed E-state index contributed by atoms with van der Waals surface area (Å²) in [6.07, 6.45) is 13.3. The normalized spacial score (nSPS) is 16.1. The van der Waals surface area contributed by atoms with Gasteiger partial charge in [0.2, 0.25) is 0 Å². The SMILES string of the molecule is CC(C)(C)C1=CC[C-]=C1.CC(C)(C)c1ccc([C](=[Zr+2])c2ccc(C(C)(C)C)cc2)cc1.CC1=CC(C)(C)c2cc3[cH-]c4cc5c(cc4c3cc21)C(C)=CC5(C)C.[Cl-].[Cl-]. The molecule has 0 bridgehead atoms. The molecule has 0 aromatic heterocycles. The second-order valence-electron chi connectivity index (χ2n) is 20.7. The summed E-state index contributed by atoms with van der Waals surface area (Å²) in [5, 5.41) is 5.57. The monoisotopic (exact) mass is 884 g/mol. The molecule has 3 heteroatoms. The number of rotatable bonds is 2. The Bertz CT molecular complexity index is 2280. The van der Waals surface area contributed by atoms with Crippen LogP contribution >= 0.6 is 0 Å². The zero-order chi connectivity index (χ0) is 41.2. The van der Waals surface area contributed by atoms with E-state index in [1.165, 1.54) is 110 Å². The molecule has 0 spiro atoms. The Morgan fingerprint density at radius 2 is 0.966 bits per heavy atom. The Labute approximate surface area is 378 Å². The first kappa shape index (κ1) is 47.7. The molecule has 3 aliphatic rings. The van der Waals surface area contributed by atoms with Gasteiger partial charge in [0, 0.05) is 10.8 Å². The van der Waals surface area contributed by atoms with E-state index in [0.29, 0.717) is 5.41 Å². The Kier molecular flexibility index (Phi) is 14.1. The molecule has 0 unspecified atom stereocenters. The zero-order valence-electron chi connectivity index (χ0n) is 37.8. The van der Waals surface area contributed by atoms with Crippen LogP contribution < -0.4 is 24.8 Å². The zero-order valence-corrected chi connectivity index (χ0v) is 41.7. The van der Waals surface area contributed by atoms with Crippen LogP contribution in [0.1, 0.15) is 155 Å². The Balaban J connectivity index is 0.000000208. The minimum Gasteiger partial charge on any atom is -1.00 e. The van der Waals surface area contributed by atoms with Crippen molar-refractivity contribution in [2.75, 3.05) is 0 Å². The van der Waals surface area contributed by atoms with Crippen LogP contribution in [0.2, 0.25) is 0 Å². The van der Waals surface area contributed by atoms with E-state index in [1.807, 2.05) is 0 Å². The molecule has 0 radical (unpaired) electrons. The van der Waals surface area contributed by atoms with Gasteiger partial charge in [-0.05, 0) is 36.1 Å². The van der Waals surface area contributed by atoms with Crippen LogP contribution in [0.4, 0.5) is 0 Å². The molecule has 8 rings (SSSR count). The number of fused-ring (bicyclic) bond motifs is 5. The van der Waals surface area contributed by atoms with E-state index in [9.17, 15) is 0 Å². The van der Waals surface area contributed by atoms with Crippen molar-refractivity contribution in [2.24, 2.45) is 5.41 Å². The van der Waals surface area contributed by atoms with Gasteiger partial charge in [0.25, 0.3) is 0 Å². The summed E-state index contributed by atoms with van der Waals surface area (Å²) in [6, 6.07) is 30.2. The Morgan fingerprint density at radius 1 is 0.586 bits per heavy atom. The fraction of sp³-hybridized carbons (Fsp3) is 0.382. The molecular weight excluding hydrogens is 823 g/mol. The molecular formula is C55H64Cl2Zr-2. The van der Waals surface area contributed by atoms with Crippen molar-refractivity contribution in [2.45, 2.75) is 132 Å². The van der Waals surface area contributed by atoms with Crippen LogP contribution in [0, 0.1) is 11.5 Å². The molecule has 0 saturated carbocycles. The van der Waals surface area contributed by atoms with E-state index in [0.717, 1.165) is 6.42 Å². The van der Waals surface area contributed by atoms with Crippen molar-refractivity contribution in [3.8, 4) is 0 Å². The van der Waals surface area contributed by atoms with Crippen LogP contribution in [-0.2, 0) is 45.9 Å². The predicted molar refractivity (Wildman–Crippen MR) is 244 cm³/mol. The maximum absolute atomic E-state index is 3.16. The maximum atomic E-state index is 3.16. The van der Waals surface area contributed by atoms with Gasteiger partial charge in [0.1, 0.15) is 0 Å². The molecule has 58 heavy (non-hydrogen) atoms. The van der Waals surface area contributed by atoms with Crippen LogP contribution in [0.25, 0.3) is 32.7 Å². The number of halogens is 2. The summed E-state index contributed by atoms with van der Waals surface area (Å²) in [7, 11) is 0. The largest absolute Gasteiger partial charge is 1.00 e. The van der Waals surface area contributed by atoms with Crippen molar-refractivity contribution >= 4 is 35.9 Å². The number of hydrogen-bond acceptors (Lipinski definition) is 0. The van der Waals surface area contributed by atoms with E-state index in [1.54, 1.807) is 0 Å². The maximum Gasteiger partial charge on any atom is 0.00178 e. The van der Waals surface area contributed by atoms with Crippen molar-refractivity contribution in [1.82, 2.24) is 0 Å². The Morgan fingerprint density at radius 3 is 1.26 bits per heavy atom. The third kappa shape index (κ3) is 9.97. The van der Waals surface area contributed by atoms with Crippen molar-refractivity contribution in [3.05, 3.63) is 159 Å². The van der Waals surface area contributed by atoms with Gasteiger partial charge in [-0.3, -0.25) is 6.08 Å². The third-order valence-electron chi connectivity index (χ3n) is 12.0. The molecule has 3 aliphatic carbocycles. The van der Waals surface area contributed by atoms with Gasteiger partial charge in [-0.25, -0.2) is 6.08 Å². The summed E-state index contributed by atoms with van der Waals surface area (Å²) in [6.45, 7) is 34.0. The molecule has 0 saturated heterocycles. The average molecular weight is 887 g/mol. The standard InChI is InChI=1S/C25H25.C21H26.C9H13.2ClH.Zr/c1-14-12-24(3,4)22-8-16-7-17-9-23-19(15(2)13-25(23,5)6)11-21(17)20(16)10-18(14)22;1-20(2,3)18-11-7-16(8-12-18)15-17-9-13-19(14-10-17)21(4,5)6;1-9(2,3)8-6-4-5-7-8;;;/h7-13H,1-6H3;7-14H,1-6H3;6-7H,4H2,1-3H3;2*1H;/q-1;;-1;;;+2/p-2. The molecule has 0 heterocycles. The Hall–Kier alpha value is -2.96. The smallest absolute Gasteiger partial charge is 0.00178 e. The van der Waals surface area contributed by atoms with E-state index in [-0.39, 0.29) is 46.5 Å². The van der Waals surface area contributed by atoms with E-state index >= 15 is 0 Å². The summed E-state index contributed by atoms with van der Waals surface area (Å²) in [5.41, 5.74) is 16.5. The molecule has 0 aliphatic heterocycles. The molecule has 0 fully saturated rings. The summed E-state index contributed by atoms with van der Waals surface area (Å²) < 4.78 is 1.42. The average Bonchev–Trinajstić information content (AvgIpc) is 3.87. The van der Waals surface area contributed by atoms with Gasteiger partial charge in [-0.2, -0.15) is 11.6 Å². The van der Waals surface area contributed by atoms with Crippen LogP contribution in [-0.4, -0.2) is 3.21 Å². The predicted octanol–water partition coefficient (Wildman–Crippen LogP) is 9.23. The van der Waals surface area contributed by atoms with E-state index in [4.69, 9.17) is 0 Å². The summed E-state index contributed by atoms with van der Waals surface area (Å²) >= 11 is 1.46. The molecule has 304 valence electrons. The van der Waals surface area contributed by atoms with Crippen LogP contribution in [0.15, 0.2) is 109 Å². The first-order valence-electron chi connectivity index (χ1n) is 20.6. The second kappa shape index (κ2) is 17.2. The first-order valence-corrected chi connectivity index (χ1v) is 21.8. The van der Waals surface area contributed by atoms with Gasteiger partial charge in [-0.15, -0.1) is 46.2 Å². The topological polar surface area (TPSA) is 0 Å². The van der Waals surface area contributed by atoms with Gasteiger partial charge in [-0.1, -0.05) is 89.3 Å². The van der Waals surface area contributed by atoms with Gasteiger partial charge >= 0.3 is 151 Å². The molecule has 0 amide bonds.